The van der Waals surface area contributed by atoms with Crippen molar-refractivity contribution in [3.63, 3.8) is 0 Å². The summed E-state index contributed by atoms with van der Waals surface area (Å²) in [4.78, 5) is 0. The van der Waals surface area contributed by atoms with Gasteiger partial charge in [0.1, 0.15) is 0 Å². The minimum atomic E-state index is -0.894. The Balaban J connectivity index is 2.19. The Morgan fingerprint density at radius 1 is 1.08 bits per heavy atom. The highest BCUT2D eigenvalue weighted by atomic mass is 16.3. The molecule has 0 bridgehead atoms. The third-order valence-electron chi connectivity index (χ3n) is 2.66. The zero-order valence-corrected chi connectivity index (χ0v) is 7.87. The Kier molecular flexibility index (Phi) is 4.12. The largest absolute Gasteiger partial charge is 0.394 e. The Hall–Kier alpha value is -0.160. The summed E-state index contributed by atoms with van der Waals surface area (Å²) in [6.45, 7) is 0.0619. The lowest BCUT2D eigenvalue weighted by atomic mass is 10.0. The molecule has 0 aromatic carbocycles. The van der Waals surface area contributed by atoms with Crippen LogP contribution in [0.25, 0.3) is 0 Å². The molecule has 1 aliphatic rings. The van der Waals surface area contributed by atoms with E-state index >= 15 is 0 Å². The molecule has 4 heteroatoms. The fraction of sp³-hybridized carbons (Fsp3) is 1.00. The molecule has 0 atom stereocenters. The van der Waals surface area contributed by atoms with Gasteiger partial charge in [0, 0.05) is 0 Å². The zero-order chi connectivity index (χ0) is 9.73. The minimum absolute atomic E-state index is 0.231. The molecule has 78 valence electrons. The molecule has 0 aliphatic heterocycles. The van der Waals surface area contributed by atoms with E-state index in [1.807, 2.05) is 0 Å². The van der Waals surface area contributed by atoms with Crippen molar-refractivity contribution in [2.75, 3.05) is 26.4 Å². The van der Waals surface area contributed by atoms with Gasteiger partial charge in [-0.25, -0.2) is 0 Å². The summed E-state index contributed by atoms with van der Waals surface area (Å²) >= 11 is 0. The van der Waals surface area contributed by atoms with Gasteiger partial charge in [0.05, 0.1) is 25.4 Å². The van der Waals surface area contributed by atoms with E-state index in [0.29, 0.717) is 0 Å². The van der Waals surface area contributed by atoms with Crippen LogP contribution >= 0.6 is 0 Å². The standard InChI is InChI=1S/C9H19NO3/c11-5-9(6-12,7-13)10-4-3-8-1-2-8/h8,10-13H,1-7H2. The van der Waals surface area contributed by atoms with Crippen molar-refractivity contribution in [1.29, 1.82) is 0 Å². The van der Waals surface area contributed by atoms with Crippen LogP contribution in [0.15, 0.2) is 0 Å². The third kappa shape index (κ3) is 3.23. The van der Waals surface area contributed by atoms with Crippen LogP contribution in [-0.4, -0.2) is 47.2 Å². The molecule has 0 unspecified atom stereocenters. The van der Waals surface area contributed by atoms with E-state index in [1.54, 1.807) is 0 Å². The van der Waals surface area contributed by atoms with Gasteiger partial charge >= 0.3 is 0 Å². The maximum Gasteiger partial charge on any atom is 0.0881 e. The summed E-state index contributed by atoms with van der Waals surface area (Å²) in [5.74, 6) is 0.821. The predicted octanol–water partition coefficient (Wildman–Crippen LogP) is -0.908. The molecule has 0 saturated heterocycles. The summed E-state index contributed by atoms with van der Waals surface area (Å²) in [5.41, 5.74) is -0.894. The third-order valence-corrected chi connectivity index (χ3v) is 2.66. The van der Waals surface area contributed by atoms with Crippen LogP contribution in [0.3, 0.4) is 0 Å². The molecular weight excluding hydrogens is 170 g/mol. The van der Waals surface area contributed by atoms with Gasteiger partial charge < -0.3 is 20.6 Å². The summed E-state index contributed by atoms with van der Waals surface area (Å²) in [6, 6.07) is 0. The summed E-state index contributed by atoms with van der Waals surface area (Å²) in [7, 11) is 0. The molecule has 0 aromatic heterocycles. The molecule has 0 heterocycles. The van der Waals surface area contributed by atoms with Crippen LogP contribution in [0.2, 0.25) is 0 Å². The normalized spacial score (nSPS) is 17.8. The lowest BCUT2D eigenvalue weighted by Gasteiger charge is -2.28. The smallest absolute Gasteiger partial charge is 0.0881 e. The maximum atomic E-state index is 8.97. The second kappa shape index (κ2) is 4.91. The van der Waals surface area contributed by atoms with E-state index in [9.17, 15) is 0 Å². The molecule has 1 aliphatic carbocycles. The summed E-state index contributed by atoms with van der Waals surface area (Å²) in [6.07, 6.45) is 3.67. The Bertz CT molecular complexity index is 136. The van der Waals surface area contributed by atoms with Crippen LogP contribution in [0.4, 0.5) is 0 Å². The first-order valence-electron chi connectivity index (χ1n) is 4.84. The van der Waals surface area contributed by atoms with Crippen LogP contribution in [-0.2, 0) is 0 Å². The van der Waals surface area contributed by atoms with Gasteiger partial charge in [-0.2, -0.15) is 0 Å². The molecule has 1 rings (SSSR count). The SMILES string of the molecule is OCC(CO)(CO)NCCC1CC1. The van der Waals surface area contributed by atoms with Crippen molar-refractivity contribution in [3.05, 3.63) is 0 Å². The number of aliphatic hydroxyl groups is 3. The molecule has 0 radical (unpaired) electrons. The molecule has 0 aromatic rings. The van der Waals surface area contributed by atoms with E-state index in [2.05, 4.69) is 5.32 Å². The number of rotatable bonds is 7. The van der Waals surface area contributed by atoms with Gasteiger partial charge in [0.2, 0.25) is 0 Å². The highest BCUT2D eigenvalue weighted by Gasteiger charge is 2.28. The van der Waals surface area contributed by atoms with Gasteiger partial charge in [-0.15, -0.1) is 0 Å². The Morgan fingerprint density at radius 2 is 1.62 bits per heavy atom. The van der Waals surface area contributed by atoms with Crippen LogP contribution in [0, 0.1) is 5.92 Å². The topological polar surface area (TPSA) is 72.7 Å². The molecule has 1 saturated carbocycles. The van der Waals surface area contributed by atoms with E-state index < -0.39 is 5.54 Å². The Labute approximate surface area is 78.6 Å². The number of aliphatic hydroxyl groups excluding tert-OH is 3. The highest BCUT2D eigenvalue weighted by molar-refractivity contribution is 4.87. The molecule has 0 amide bonds. The lowest BCUT2D eigenvalue weighted by molar-refractivity contribution is 0.0424. The second-order valence-corrected chi connectivity index (χ2v) is 3.91. The number of hydrogen-bond donors (Lipinski definition) is 4. The van der Waals surface area contributed by atoms with E-state index in [4.69, 9.17) is 15.3 Å². The minimum Gasteiger partial charge on any atom is -0.394 e. The zero-order valence-electron chi connectivity index (χ0n) is 7.87. The first-order chi connectivity index (χ1) is 6.26. The van der Waals surface area contributed by atoms with E-state index in [-0.39, 0.29) is 19.8 Å². The van der Waals surface area contributed by atoms with Crippen molar-refractivity contribution in [3.8, 4) is 0 Å². The fourth-order valence-electron chi connectivity index (χ4n) is 1.27. The van der Waals surface area contributed by atoms with Gasteiger partial charge in [0.15, 0.2) is 0 Å². The Morgan fingerprint density at radius 3 is 2.00 bits per heavy atom. The molecule has 1 fully saturated rings. The average molecular weight is 189 g/mol. The molecule has 0 spiro atoms. The molecule has 13 heavy (non-hydrogen) atoms. The van der Waals surface area contributed by atoms with Crippen molar-refractivity contribution in [2.24, 2.45) is 5.92 Å². The summed E-state index contributed by atoms with van der Waals surface area (Å²) in [5, 5.41) is 29.9. The maximum absolute atomic E-state index is 8.97. The number of nitrogens with one attached hydrogen (secondary N) is 1. The van der Waals surface area contributed by atoms with Gasteiger partial charge in [-0.05, 0) is 18.9 Å². The van der Waals surface area contributed by atoms with Crippen molar-refractivity contribution >= 4 is 0 Å². The highest BCUT2D eigenvalue weighted by Crippen LogP contribution is 2.31. The first-order valence-corrected chi connectivity index (χ1v) is 4.84. The second-order valence-electron chi connectivity index (χ2n) is 3.91. The van der Waals surface area contributed by atoms with E-state index in [1.165, 1.54) is 12.8 Å². The van der Waals surface area contributed by atoms with E-state index in [0.717, 1.165) is 18.9 Å². The van der Waals surface area contributed by atoms with Crippen LogP contribution in [0.1, 0.15) is 19.3 Å². The van der Waals surface area contributed by atoms with Gasteiger partial charge in [-0.1, -0.05) is 12.8 Å². The van der Waals surface area contributed by atoms with Crippen LogP contribution < -0.4 is 5.32 Å². The quantitative estimate of drug-likeness (QED) is 0.418. The lowest BCUT2D eigenvalue weighted by Crippen LogP contribution is -2.55. The van der Waals surface area contributed by atoms with Gasteiger partial charge in [-0.3, -0.25) is 0 Å². The van der Waals surface area contributed by atoms with Gasteiger partial charge in [0.25, 0.3) is 0 Å². The molecule has 4 N–H and O–H groups in total. The average Bonchev–Trinajstić information content (AvgIpc) is 2.97. The predicted molar refractivity (Wildman–Crippen MR) is 49.3 cm³/mol. The van der Waals surface area contributed by atoms with Crippen molar-refractivity contribution < 1.29 is 15.3 Å². The first kappa shape index (κ1) is 10.9. The number of hydrogen-bond acceptors (Lipinski definition) is 4. The fourth-order valence-corrected chi connectivity index (χ4v) is 1.27. The molecule has 4 nitrogen and oxygen atoms in total. The van der Waals surface area contributed by atoms with Crippen molar-refractivity contribution in [1.82, 2.24) is 5.32 Å². The summed E-state index contributed by atoms with van der Waals surface area (Å²) < 4.78 is 0. The van der Waals surface area contributed by atoms with Crippen molar-refractivity contribution in [2.45, 2.75) is 24.8 Å². The monoisotopic (exact) mass is 189 g/mol. The molecular formula is C9H19NO3. The van der Waals surface area contributed by atoms with Crippen LogP contribution in [0.5, 0.6) is 0 Å².